The van der Waals surface area contributed by atoms with Crippen molar-refractivity contribution >= 4 is 17.2 Å². The minimum atomic E-state index is -0.0938. The second-order valence-electron chi connectivity index (χ2n) is 8.11. The number of aromatic nitrogens is 2. The van der Waals surface area contributed by atoms with E-state index in [4.69, 9.17) is 23.9 Å². The molecular formula is C25H31N3O5S. The van der Waals surface area contributed by atoms with E-state index in [9.17, 15) is 4.79 Å². The highest BCUT2D eigenvalue weighted by molar-refractivity contribution is 7.09. The molecule has 1 unspecified atom stereocenters. The van der Waals surface area contributed by atoms with E-state index < -0.39 is 0 Å². The monoisotopic (exact) mass is 485 g/mol. The number of benzene rings is 1. The molecule has 1 aliphatic rings. The van der Waals surface area contributed by atoms with E-state index in [0.29, 0.717) is 31.9 Å². The lowest BCUT2D eigenvalue weighted by atomic mass is 10.2. The van der Waals surface area contributed by atoms with Gasteiger partial charge in [-0.25, -0.2) is 4.98 Å². The molecule has 1 saturated heterocycles. The number of hydrogen-bond acceptors (Lipinski definition) is 7. The van der Waals surface area contributed by atoms with Gasteiger partial charge >= 0.3 is 0 Å². The van der Waals surface area contributed by atoms with Gasteiger partial charge in [-0.3, -0.25) is 4.79 Å². The zero-order chi connectivity index (χ0) is 23.9. The van der Waals surface area contributed by atoms with Crippen molar-refractivity contribution in [3.8, 4) is 22.9 Å². The van der Waals surface area contributed by atoms with Gasteiger partial charge in [0, 0.05) is 37.9 Å². The molecule has 3 heterocycles. The number of rotatable bonds is 11. The Kier molecular flexibility index (Phi) is 8.21. The summed E-state index contributed by atoms with van der Waals surface area (Å²) in [7, 11) is 3.31. The van der Waals surface area contributed by atoms with Crippen LogP contribution in [0.5, 0.6) is 11.5 Å². The molecule has 1 aliphatic heterocycles. The number of ether oxygens (including phenoxy) is 4. The van der Waals surface area contributed by atoms with Crippen LogP contribution in [-0.2, 0) is 22.6 Å². The van der Waals surface area contributed by atoms with Gasteiger partial charge in [0.05, 0.1) is 36.8 Å². The number of nitrogens with zero attached hydrogens (tertiary/aromatic N) is 2. The summed E-state index contributed by atoms with van der Waals surface area (Å²) in [6.45, 7) is 4.79. The predicted octanol–water partition coefficient (Wildman–Crippen LogP) is 4.06. The largest absolute Gasteiger partial charge is 0.497 e. The summed E-state index contributed by atoms with van der Waals surface area (Å²) in [6, 6.07) is 9.38. The molecule has 34 heavy (non-hydrogen) atoms. The van der Waals surface area contributed by atoms with E-state index in [2.05, 4.69) is 9.88 Å². The van der Waals surface area contributed by atoms with Crippen molar-refractivity contribution in [2.24, 2.45) is 0 Å². The molecule has 0 saturated carbocycles. The Bertz CT molecular complexity index is 1090. The van der Waals surface area contributed by atoms with Gasteiger partial charge in [0.25, 0.3) is 5.91 Å². The maximum atomic E-state index is 12.9. The van der Waals surface area contributed by atoms with E-state index >= 15 is 0 Å². The Hall–Kier alpha value is -2.88. The average molecular weight is 486 g/mol. The van der Waals surface area contributed by atoms with Crippen molar-refractivity contribution in [1.29, 1.82) is 0 Å². The maximum Gasteiger partial charge on any atom is 0.253 e. The first kappa shape index (κ1) is 24.3. The van der Waals surface area contributed by atoms with Crippen LogP contribution in [0.1, 0.15) is 33.9 Å². The fraction of sp³-hybridized carbons (Fsp3) is 0.440. The minimum Gasteiger partial charge on any atom is -0.497 e. The zero-order valence-electron chi connectivity index (χ0n) is 19.8. The SMILES string of the molecule is COCCn1c(-c2csc(COc3ccc(OC)cc3)n2)cc(C(=O)NCC2CCCO2)c1C. The van der Waals surface area contributed by atoms with Gasteiger partial charge in [-0.05, 0) is 50.1 Å². The van der Waals surface area contributed by atoms with Gasteiger partial charge in [0.2, 0.25) is 0 Å². The van der Waals surface area contributed by atoms with Gasteiger partial charge < -0.3 is 28.8 Å². The van der Waals surface area contributed by atoms with Crippen molar-refractivity contribution < 1.29 is 23.7 Å². The number of carbonyl (C=O) groups excluding carboxylic acids is 1. The molecule has 0 spiro atoms. The van der Waals surface area contributed by atoms with E-state index in [-0.39, 0.29) is 12.0 Å². The first-order valence-corrected chi connectivity index (χ1v) is 12.3. The summed E-state index contributed by atoms with van der Waals surface area (Å²) in [5, 5.41) is 5.88. The number of nitrogens with one attached hydrogen (secondary N) is 1. The van der Waals surface area contributed by atoms with E-state index in [1.165, 1.54) is 11.3 Å². The maximum absolute atomic E-state index is 12.9. The van der Waals surface area contributed by atoms with Crippen molar-refractivity contribution in [3.05, 3.63) is 52.0 Å². The first-order chi connectivity index (χ1) is 16.6. The molecule has 3 aromatic rings. The zero-order valence-corrected chi connectivity index (χ0v) is 20.7. The lowest BCUT2D eigenvalue weighted by Crippen LogP contribution is -2.32. The molecule has 2 aromatic heterocycles. The fourth-order valence-corrected chi connectivity index (χ4v) is 4.68. The molecule has 1 atom stereocenters. The molecule has 1 amide bonds. The van der Waals surface area contributed by atoms with Gasteiger partial charge in [0.1, 0.15) is 23.1 Å². The third kappa shape index (κ3) is 5.78. The smallest absolute Gasteiger partial charge is 0.253 e. The van der Waals surface area contributed by atoms with E-state index in [1.54, 1.807) is 14.2 Å². The fourth-order valence-electron chi connectivity index (χ4n) is 3.98. The van der Waals surface area contributed by atoms with Gasteiger partial charge in [-0.1, -0.05) is 0 Å². The average Bonchev–Trinajstić information content (AvgIpc) is 3.61. The van der Waals surface area contributed by atoms with Crippen LogP contribution in [-0.4, -0.2) is 55.5 Å². The van der Waals surface area contributed by atoms with Crippen LogP contribution >= 0.6 is 11.3 Å². The second kappa shape index (κ2) is 11.5. The van der Waals surface area contributed by atoms with Crippen LogP contribution in [0.3, 0.4) is 0 Å². The Morgan fingerprint density at radius 3 is 2.76 bits per heavy atom. The Balaban J connectivity index is 1.48. The molecule has 4 rings (SSSR count). The van der Waals surface area contributed by atoms with Crippen LogP contribution in [0, 0.1) is 6.92 Å². The van der Waals surface area contributed by atoms with Crippen LogP contribution in [0.2, 0.25) is 0 Å². The van der Waals surface area contributed by atoms with Gasteiger partial charge in [0.15, 0.2) is 0 Å². The third-order valence-electron chi connectivity index (χ3n) is 5.88. The Labute approximate surface area is 203 Å². The molecule has 0 aliphatic carbocycles. The Morgan fingerprint density at radius 1 is 1.26 bits per heavy atom. The minimum absolute atomic E-state index is 0.0938. The molecule has 0 bridgehead atoms. The Morgan fingerprint density at radius 2 is 2.06 bits per heavy atom. The summed E-state index contributed by atoms with van der Waals surface area (Å²) in [5.74, 6) is 1.44. The molecule has 1 aromatic carbocycles. The molecular weight excluding hydrogens is 454 g/mol. The van der Waals surface area contributed by atoms with E-state index in [0.717, 1.165) is 53.0 Å². The highest BCUT2D eigenvalue weighted by Gasteiger charge is 2.22. The van der Waals surface area contributed by atoms with Crippen LogP contribution < -0.4 is 14.8 Å². The van der Waals surface area contributed by atoms with Crippen LogP contribution in [0.25, 0.3) is 11.4 Å². The third-order valence-corrected chi connectivity index (χ3v) is 6.70. The quantitative estimate of drug-likeness (QED) is 0.441. The lowest BCUT2D eigenvalue weighted by molar-refractivity contribution is 0.0857. The molecule has 1 N–H and O–H groups in total. The molecule has 182 valence electrons. The van der Waals surface area contributed by atoms with Crippen molar-refractivity contribution in [2.75, 3.05) is 34.0 Å². The summed E-state index contributed by atoms with van der Waals surface area (Å²) in [5.41, 5.74) is 3.24. The number of amides is 1. The van der Waals surface area contributed by atoms with Gasteiger partial charge in [-0.2, -0.15) is 0 Å². The highest BCUT2D eigenvalue weighted by Crippen LogP contribution is 2.28. The summed E-state index contributed by atoms with van der Waals surface area (Å²) in [4.78, 5) is 17.7. The predicted molar refractivity (Wildman–Crippen MR) is 131 cm³/mol. The standard InChI is InChI=1S/C25H31N3O5S/c1-17-21(25(29)26-14-20-5-4-11-32-20)13-23(28(17)10-12-30-2)22-16-34-24(27-22)15-33-19-8-6-18(31-3)7-9-19/h6-9,13,16,20H,4-5,10-12,14-15H2,1-3H3,(H,26,29). The second-order valence-corrected chi connectivity index (χ2v) is 9.05. The molecule has 9 heteroatoms. The molecule has 8 nitrogen and oxygen atoms in total. The van der Waals surface area contributed by atoms with Crippen molar-refractivity contribution in [2.45, 2.75) is 39.0 Å². The number of methoxy groups -OCH3 is 2. The summed E-state index contributed by atoms with van der Waals surface area (Å²) < 4.78 is 24.1. The highest BCUT2D eigenvalue weighted by atomic mass is 32.1. The van der Waals surface area contributed by atoms with Gasteiger partial charge in [-0.15, -0.1) is 11.3 Å². The number of carbonyl (C=O) groups is 1. The van der Waals surface area contributed by atoms with E-state index in [1.807, 2.05) is 42.6 Å². The van der Waals surface area contributed by atoms with Crippen LogP contribution in [0.15, 0.2) is 35.7 Å². The van der Waals surface area contributed by atoms with Crippen molar-refractivity contribution in [3.63, 3.8) is 0 Å². The molecule has 0 radical (unpaired) electrons. The van der Waals surface area contributed by atoms with Crippen LogP contribution in [0.4, 0.5) is 0 Å². The molecule has 1 fully saturated rings. The first-order valence-electron chi connectivity index (χ1n) is 11.4. The van der Waals surface area contributed by atoms with Crippen molar-refractivity contribution in [1.82, 2.24) is 14.9 Å². The number of thiazole rings is 1. The lowest BCUT2D eigenvalue weighted by Gasteiger charge is -2.12. The topological polar surface area (TPSA) is 83.8 Å². The normalized spacial score (nSPS) is 15.4. The summed E-state index contributed by atoms with van der Waals surface area (Å²) in [6.07, 6.45) is 2.14. The number of hydrogen-bond donors (Lipinski definition) is 1. The summed E-state index contributed by atoms with van der Waals surface area (Å²) >= 11 is 1.53.